The molecule has 0 spiro atoms. The lowest BCUT2D eigenvalue weighted by Gasteiger charge is -2.04. The van der Waals surface area contributed by atoms with Crippen molar-refractivity contribution in [3.8, 4) is 5.69 Å². The monoisotopic (exact) mass is 388 g/mol. The van der Waals surface area contributed by atoms with E-state index in [0.29, 0.717) is 5.92 Å². The second kappa shape index (κ2) is 6.02. The summed E-state index contributed by atoms with van der Waals surface area (Å²) in [5.74, 6) is 0.571. The molecule has 0 saturated carbocycles. The van der Waals surface area contributed by atoms with E-state index in [9.17, 15) is 0 Å². The van der Waals surface area contributed by atoms with Crippen LogP contribution in [-0.2, 0) is 0 Å². The molecule has 0 N–H and O–H groups in total. The van der Waals surface area contributed by atoms with Gasteiger partial charge in [0.25, 0.3) is 0 Å². The number of allylic oxidation sites excluding steroid dienone is 1. The fourth-order valence-corrected chi connectivity index (χ4v) is 2.76. The first kappa shape index (κ1) is 14.3. The van der Waals surface area contributed by atoms with Crippen LogP contribution in [-0.4, -0.2) is 9.78 Å². The lowest BCUT2D eigenvalue weighted by molar-refractivity contribution is 0.836. The summed E-state index contributed by atoms with van der Waals surface area (Å²) in [6.45, 7) is 4.37. The molecule has 0 unspecified atom stereocenters. The first-order valence-electron chi connectivity index (χ1n) is 7.05. The van der Waals surface area contributed by atoms with Crippen LogP contribution in [0.25, 0.3) is 22.7 Å². The maximum atomic E-state index is 4.51. The Hall–Kier alpha value is -1.62. The normalized spacial score (nSPS) is 11.8. The van der Waals surface area contributed by atoms with Crippen LogP contribution in [0.4, 0.5) is 0 Å². The van der Waals surface area contributed by atoms with Gasteiger partial charge in [0.1, 0.15) is 0 Å². The fraction of sp³-hybridized carbons (Fsp3) is 0.167. The van der Waals surface area contributed by atoms with Gasteiger partial charge >= 0.3 is 0 Å². The molecule has 3 rings (SSSR count). The van der Waals surface area contributed by atoms with Gasteiger partial charge < -0.3 is 0 Å². The van der Waals surface area contributed by atoms with Gasteiger partial charge in [-0.3, -0.25) is 0 Å². The lowest BCUT2D eigenvalue weighted by atomic mass is 10.1. The summed E-state index contributed by atoms with van der Waals surface area (Å²) in [5.41, 5.74) is 3.45. The average molecular weight is 388 g/mol. The van der Waals surface area contributed by atoms with Crippen molar-refractivity contribution in [1.82, 2.24) is 9.78 Å². The Morgan fingerprint density at radius 1 is 1.10 bits per heavy atom. The quantitative estimate of drug-likeness (QED) is 0.557. The molecule has 2 aromatic carbocycles. The van der Waals surface area contributed by atoms with Gasteiger partial charge in [-0.2, -0.15) is 5.10 Å². The number of rotatable bonds is 3. The van der Waals surface area contributed by atoms with Crippen LogP contribution >= 0.6 is 22.6 Å². The maximum absolute atomic E-state index is 4.51. The van der Waals surface area contributed by atoms with E-state index in [-0.39, 0.29) is 0 Å². The first-order chi connectivity index (χ1) is 10.1. The minimum atomic E-state index is 0.571. The number of halogens is 1. The molecule has 0 saturated heterocycles. The average Bonchev–Trinajstić information content (AvgIpc) is 2.88. The van der Waals surface area contributed by atoms with E-state index in [1.165, 1.54) is 14.5 Å². The van der Waals surface area contributed by atoms with Gasteiger partial charge in [-0.05, 0) is 64.4 Å². The molecule has 1 heterocycles. The highest BCUT2D eigenvalue weighted by Gasteiger charge is 2.04. The molecule has 0 aliphatic heterocycles. The zero-order valence-corrected chi connectivity index (χ0v) is 14.3. The number of hydrogen-bond donors (Lipinski definition) is 0. The predicted octanol–water partition coefficient (Wildman–Crippen LogP) is 5.30. The molecule has 0 atom stereocenters. The second-order valence-electron chi connectivity index (χ2n) is 5.45. The van der Waals surface area contributed by atoms with Gasteiger partial charge in [-0.25, -0.2) is 4.68 Å². The third kappa shape index (κ3) is 3.18. The van der Waals surface area contributed by atoms with Gasteiger partial charge in [0.2, 0.25) is 0 Å². The van der Waals surface area contributed by atoms with E-state index in [0.717, 1.165) is 11.2 Å². The summed E-state index contributed by atoms with van der Waals surface area (Å²) < 4.78 is 3.22. The molecule has 0 bridgehead atoms. The largest absolute Gasteiger partial charge is 0.233 e. The Bertz CT molecular complexity index is 783. The highest BCUT2D eigenvalue weighted by Crippen LogP contribution is 2.21. The molecule has 106 valence electrons. The number of nitrogens with zero attached hydrogens (tertiary/aromatic N) is 2. The van der Waals surface area contributed by atoms with E-state index in [4.69, 9.17) is 0 Å². The zero-order chi connectivity index (χ0) is 14.8. The van der Waals surface area contributed by atoms with E-state index < -0.39 is 0 Å². The van der Waals surface area contributed by atoms with Crippen LogP contribution in [0.3, 0.4) is 0 Å². The van der Waals surface area contributed by atoms with Gasteiger partial charge in [-0.15, -0.1) is 0 Å². The topological polar surface area (TPSA) is 17.8 Å². The Kier molecular flexibility index (Phi) is 4.10. The van der Waals surface area contributed by atoms with Crippen molar-refractivity contribution in [1.29, 1.82) is 0 Å². The molecule has 0 radical (unpaired) electrons. The number of aromatic nitrogens is 2. The van der Waals surface area contributed by atoms with Crippen LogP contribution in [0.1, 0.15) is 19.4 Å². The summed E-state index contributed by atoms with van der Waals surface area (Å²) in [6, 6.07) is 14.9. The van der Waals surface area contributed by atoms with Gasteiger partial charge in [0.15, 0.2) is 0 Å². The van der Waals surface area contributed by atoms with Crippen LogP contribution < -0.4 is 0 Å². The van der Waals surface area contributed by atoms with E-state index in [2.05, 4.69) is 96.2 Å². The first-order valence-corrected chi connectivity index (χ1v) is 8.13. The molecule has 21 heavy (non-hydrogen) atoms. The fourth-order valence-electron chi connectivity index (χ4n) is 2.24. The number of hydrogen-bond acceptors (Lipinski definition) is 1. The van der Waals surface area contributed by atoms with E-state index >= 15 is 0 Å². The molecule has 0 aliphatic rings. The molecular weight excluding hydrogens is 371 g/mol. The molecule has 0 amide bonds. The second-order valence-corrected chi connectivity index (χ2v) is 6.70. The maximum Gasteiger partial charge on any atom is 0.0741 e. The van der Waals surface area contributed by atoms with Gasteiger partial charge in [0.05, 0.1) is 17.4 Å². The molecule has 3 aromatic rings. The van der Waals surface area contributed by atoms with Gasteiger partial charge in [0, 0.05) is 8.96 Å². The summed E-state index contributed by atoms with van der Waals surface area (Å²) in [6.07, 6.45) is 6.29. The minimum Gasteiger partial charge on any atom is -0.233 e. The summed E-state index contributed by atoms with van der Waals surface area (Å²) in [5, 5.41) is 5.68. The molecular formula is C18H17IN2. The van der Waals surface area contributed by atoms with Crippen molar-refractivity contribution in [3.63, 3.8) is 0 Å². The summed E-state index contributed by atoms with van der Waals surface area (Å²) in [7, 11) is 0. The minimum absolute atomic E-state index is 0.571. The van der Waals surface area contributed by atoms with Crippen molar-refractivity contribution in [3.05, 3.63) is 63.9 Å². The molecule has 0 fully saturated rings. The zero-order valence-electron chi connectivity index (χ0n) is 12.1. The number of fused-ring (bicyclic) bond motifs is 1. The third-order valence-corrected chi connectivity index (χ3v) is 4.01. The molecule has 1 aromatic heterocycles. The van der Waals surface area contributed by atoms with Crippen LogP contribution in [0.5, 0.6) is 0 Å². The van der Waals surface area contributed by atoms with Crippen molar-refractivity contribution >= 4 is 39.6 Å². The molecule has 3 heteroatoms. The van der Waals surface area contributed by atoms with Crippen molar-refractivity contribution in [2.75, 3.05) is 0 Å². The predicted molar refractivity (Wildman–Crippen MR) is 97.7 cm³/mol. The smallest absolute Gasteiger partial charge is 0.0741 e. The van der Waals surface area contributed by atoms with Crippen LogP contribution in [0.15, 0.2) is 54.7 Å². The van der Waals surface area contributed by atoms with Crippen molar-refractivity contribution in [2.45, 2.75) is 13.8 Å². The van der Waals surface area contributed by atoms with Crippen LogP contribution in [0, 0.1) is 9.49 Å². The standard InChI is InChI=1S/C18H17IN2/c1-13(2)3-4-14-5-8-17(9-6-14)21-18-10-7-16(19)11-15(18)12-20-21/h3-13H,1-2H3/b4-3+. The number of benzene rings is 2. The summed E-state index contributed by atoms with van der Waals surface area (Å²) in [4.78, 5) is 0. The van der Waals surface area contributed by atoms with Crippen molar-refractivity contribution in [2.24, 2.45) is 5.92 Å². The lowest BCUT2D eigenvalue weighted by Crippen LogP contribution is -1.95. The highest BCUT2D eigenvalue weighted by atomic mass is 127. The van der Waals surface area contributed by atoms with Crippen molar-refractivity contribution < 1.29 is 0 Å². The SMILES string of the molecule is CC(C)/C=C/c1ccc(-n2ncc3cc(I)ccc32)cc1. The Labute approximate surface area is 138 Å². The molecule has 0 aliphatic carbocycles. The van der Waals surface area contributed by atoms with Gasteiger partial charge in [-0.1, -0.05) is 38.1 Å². The Morgan fingerprint density at radius 3 is 2.57 bits per heavy atom. The highest BCUT2D eigenvalue weighted by molar-refractivity contribution is 14.1. The Balaban J connectivity index is 1.96. The summed E-state index contributed by atoms with van der Waals surface area (Å²) >= 11 is 2.33. The Morgan fingerprint density at radius 2 is 1.86 bits per heavy atom. The van der Waals surface area contributed by atoms with E-state index in [1.54, 1.807) is 0 Å². The molecule has 2 nitrogen and oxygen atoms in total. The third-order valence-electron chi connectivity index (χ3n) is 3.34. The van der Waals surface area contributed by atoms with E-state index in [1.807, 2.05) is 10.9 Å². The van der Waals surface area contributed by atoms with Crippen LogP contribution in [0.2, 0.25) is 0 Å².